The van der Waals surface area contributed by atoms with Crippen molar-refractivity contribution in [3.8, 4) is 6.07 Å². The van der Waals surface area contributed by atoms with Crippen LogP contribution in [0.3, 0.4) is 0 Å². The van der Waals surface area contributed by atoms with Gasteiger partial charge in [-0.25, -0.2) is 4.99 Å². The predicted molar refractivity (Wildman–Crippen MR) is 38.4 cm³/mol. The van der Waals surface area contributed by atoms with Gasteiger partial charge in [-0.3, -0.25) is 0 Å². The highest BCUT2D eigenvalue weighted by Crippen LogP contribution is 1.67. The summed E-state index contributed by atoms with van der Waals surface area (Å²) in [5, 5.41) is 29.8. The first kappa shape index (κ1) is 9.68. The quantitative estimate of drug-likeness (QED) is 0.164. The van der Waals surface area contributed by atoms with Crippen LogP contribution < -0.4 is 10.6 Å². The Bertz CT molecular complexity index is 162. The summed E-state index contributed by atoms with van der Waals surface area (Å²) in [5.41, 5.74) is 0. The fourth-order valence-corrected chi connectivity index (χ4v) is 0.443. The molecular formula is C5H10N4O2. The predicted octanol–water partition coefficient (Wildman–Crippen LogP) is -2.06. The first-order valence-electron chi connectivity index (χ1n) is 2.96. The molecule has 0 aromatic heterocycles. The van der Waals surface area contributed by atoms with Crippen LogP contribution in [0.1, 0.15) is 0 Å². The second kappa shape index (κ2) is 6.80. The van der Waals surface area contributed by atoms with Crippen LogP contribution in [0.2, 0.25) is 0 Å². The second-order valence-electron chi connectivity index (χ2n) is 1.49. The molecule has 0 heterocycles. The van der Waals surface area contributed by atoms with E-state index in [1.165, 1.54) is 0 Å². The molecule has 6 heteroatoms. The molecule has 0 aliphatic carbocycles. The fourth-order valence-electron chi connectivity index (χ4n) is 0.443. The van der Waals surface area contributed by atoms with Gasteiger partial charge in [-0.2, -0.15) is 5.26 Å². The minimum atomic E-state index is -0.388. The Morgan fingerprint density at radius 2 is 2.18 bits per heavy atom. The van der Waals surface area contributed by atoms with E-state index in [1.807, 2.05) is 6.07 Å². The molecule has 0 saturated carbocycles. The zero-order valence-corrected chi connectivity index (χ0v) is 5.91. The van der Waals surface area contributed by atoms with Crippen LogP contribution in [0.4, 0.5) is 0 Å². The highest BCUT2D eigenvalue weighted by molar-refractivity contribution is 5.79. The number of hydrogen-bond acceptors (Lipinski definition) is 4. The number of rotatable bonds is 3. The summed E-state index contributed by atoms with van der Waals surface area (Å²) in [6, 6.07) is 1.82. The van der Waals surface area contributed by atoms with Gasteiger partial charge in [0.25, 0.3) is 0 Å². The van der Waals surface area contributed by atoms with Crippen LogP contribution >= 0.6 is 0 Å². The molecular weight excluding hydrogens is 148 g/mol. The Morgan fingerprint density at radius 1 is 1.45 bits per heavy atom. The van der Waals surface area contributed by atoms with E-state index < -0.39 is 0 Å². The van der Waals surface area contributed by atoms with E-state index >= 15 is 0 Å². The molecule has 0 aromatic rings. The van der Waals surface area contributed by atoms with E-state index in [4.69, 9.17) is 15.5 Å². The minimum Gasteiger partial charge on any atom is -0.376 e. The maximum atomic E-state index is 8.37. The summed E-state index contributed by atoms with van der Waals surface area (Å²) >= 11 is 0. The summed E-state index contributed by atoms with van der Waals surface area (Å²) in [5.74, 6) is 0.205. The SMILES string of the molecule is N#CCN/C(=N\CO)NCO. The fraction of sp³-hybridized carbons (Fsp3) is 0.600. The minimum absolute atomic E-state index is 0.0752. The molecule has 0 saturated heterocycles. The lowest BCUT2D eigenvalue weighted by atomic mass is 10.7. The van der Waals surface area contributed by atoms with Crippen molar-refractivity contribution in [3.63, 3.8) is 0 Å². The lowest BCUT2D eigenvalue weighted by Gasteiger charge is -2.05. The largest absolute Gasteiger partial charge is 0.376 e. The Labute approximate surface area is 64.2 Å². The molecule has 0 unspecified atom stereocenters. The lowest BCUT2D eigenvalue weighted by molar-refractivity contribution is 0.281. The summed E-state index contributed by atoms with van der Waals surface area (Å²) < 4.78 is 0. The van der Waals surface area contributed by atoms with Gasteiger partial charge in [0, 0.05) is 0 Å². The van der Waals surface area contributed by atoms with Gasteiger partial charge in [-0.1, -0.05) is 0 Å². The number of aliphatic imine (C=N–C) groups is 1. The Morgan fingerprint density at radius 3 is 2.64 bits per heavy atom. The van der Waals surface area contributed by atoms with E-state index in [0.29, 0.717) is 0 Å². The van der Waals surface area contributed by atoms with Crippen LogP contribution in [0.25, 0.3) is 0 Å². The van der Waals surface area contributed by atoms with E-state index in [-0.39, 0.29) is 26.0 Å². The van der Waals surface area contributed by atoms with E-state index in [2.05, 4.69) is 15.6 Å². The number of nitriles is 1. The van der Waals surface area contributed by atoms with Crippen LogP contribution in [0, 0.1) is 11.3 Å². The average Bonchev–Trinajstić information content (AvgIpc) is 2.01. The third-order valence-electron chi connectivity index (χ3n) is 0.810. The molecule has 0 spiro atoms. The normalized spacial score (nSPS) is 10.5. The van der Waals surface area contributed by atoms with Gasteiger partial charge in [-0.05, 0) is 0 Å². The van der Waals surface area contributed by atoms with Crippen molar-refractivity contribution < 1.29 is 10.2 Å². The molecule has 0 bridgehead atoms. The molecule has 0 amide bonds. The van der Waals surface area contributed by atoms with Crippen LogP contribution in [0.15, 0.2) is 4.99 Å². The number of aliphatic hydroxyl groups excluding tert-OH is 2. The molecule has 0 atom stereocenters. The average molecular weight is 158 g/mol. The molecule has 62 valence electrons. The van der Waals surface area contributed by atoms with Gasteiger partial charge in [0.1, 0.15) is 20.0 Å². The van der Waals surface area contributed by atoms with Crippen molar-refractivity contribution in [1.29, 1.82) is 5.26 Å². The standard InChI is InChI=1S/C5H10N4O2/c6-1-2-7-5(8-3-10)9-4-11/h10-11H,2-4H2,(H2,7,8,9). The molecule has 4 N–H and O–H groups in total. The van der Waals surface area contributed by atoms with Crippen molar-refractivity contribution in [2.45, 2.75) is 0 Å². The van der Waals surface area contributed by atoms with Crippen LogP contribution in [-0.4, -0.2) is 36.2 Å². The van der Waals surface area contributed by atoms with Gasteiger partial charge in [-0.15, -0.1) is 0 Å². The van der Waals surface area contributed by atoms with Gasteiger partial charge in [0.2, 0.25) is 0 Å². The Balaban J connectivity index is 3.71. The molecule has 11 heavy (non-hydrogen) atoms. The summed E-state index contributed by atoms with van der Waals surface area (Å²) in [6.07, 6.45) is 0. The highest BCUT2D eigenvalue weighted by atomic mass is 16.3. The molecule has 0 radical (unpaired) electrons. The number of guanidine groups is 1. The van der Waals surface area contributed by atoms with Gasteiger partial charge in [0.15, 0.2) is 5.96 Å². The topological polar surface area (TPSA) is 101 Å². The van der Waals surface area contributed by atoms with Gasteiger partial charge < -0.3 is 20.8 Å². The molecule has 0 aromatic carbocycles. The van der Waals surface area contributed by atoms with E-state index in [1.54, 1.807) is 0 Å². The molecule has 0 fully saturated rings. The van der Waals surface area contributed by atoms with Crippen molar-refractivity contribution in [1.82, 2.24) is 10.6 Å². The Kier molecular flexibility index (Phi) is 5.98. The molecule has 0 aliphatic rings. The van der Waals surface area contributed by atoms with Crippen molar-refractivity contribution >= 4 is 5.96 Å². The van der Waals surface area contributed by atoms with E-state index in [0.717, 1.165) is 0 Å². The first-order valence-corrected chi connectivity index (χ1v) is 2.96. The molecule has 0 aliphatic heterocycles. The highest BCUT2D eigenvalue weighted by Gasteiger charge is 1.92. The number of nitrogens with zero attached hydrogens (tertiary/aromatic N) is 2. The van der Waals surface area contributed by atoms with E-state index in [9.17, 15) is 0 Å². The summed E-state index contributed by atoms with van der Waals surface area (Å²) in [7, 11) is 0. The third kappa shape index (κ3) is 5.14. The van der Waals surface area contributed by atoms with Crippen molar-refractivity contribution in [2.24, 2.45) is 4.99 Å². The zero-order chi connectivity index (χ0) is 8.53. The van der Waals surface area contributed by atoms with Crippen molar-refractivity contribution in [2.75, 3.05) is 20.0 Å². The molecule has 0 rings (SSSR count). The maximum absolute atomic E-state index is 8.37. The smallest absolute Gasteiger partial charge is 0.196 e. The number of hydrogen-bond donors (Lipinski definition) is 4. The Hall–Kier alpha value is -1.32. The van der Waals surface area contributed by atoms with Crippen molar-refractivity contribution in [3.05, 3.63) is 0 Å². The lowest BCUT2D eigenvalue weighted by Crippen LogP contribution is -2.38. The second-order valence-corrected chi connectivity index (χ2v) is 1.49. The molecule has 6 nitrogen and oxygen atoms in total. The van der Waals surface area contributed by atoms with Gasteiger partial charge >= 0.3 is 0 Å². The first-order chi connectivity index (χ1) is 5.35. The van der Waals surface area contributed by atoms with Crippen LogP contribution in [-0.2, 0) is 0 Å². The summed E-state index contributed by atoms with van der Waals surface area (Å²) in [4.78, 5) is 3.49. The maximum Gasteiger partial charge on any atom is 0.196 e. The summed E-state index contributed by atoms with van der Waals surface area (Å²) in [6.45, 7) is -0.607. The zero-order valence-electron chi connectivity index (χ0n) is 5.91. The van der Waals surface area contributed by atoms with Gasteiger partial charge in [0.05, 0.1) is 6.07 Å². The third-order valence-corrected chi connectivity index (χ3v) is 0.810. The number of nitrogens with one attached hydrogen (secondary N) is 2. The number of aliphatic hydroxyl groups is 2. The van der Waals surface area contributed by atoms with Crippen LogP contribution in [0.5, 0.6) is 0 Å². The monoisotopic (exact) mass is 158 g/mol.